The first-order chi connectivity index (χ1) is 13.7. The number of aryl methyl sites for hydroxylation is 1. The van der Waals surface area contributed by atoms with Crippen molar-refractivity contribution < 1.29 is 21.9 Å². The molecule has 0 aliphatic carbocycles. The van der Waals surface area contributed by atoms with Gasteiger partial charge >= 0.3 is 6.61 Å². The lowest BCUT2D eigenvalue weighted by atomic mass is 10.1. The monoisotopic (exact) mass is 425 g/mol. The van der Waals surface area contributed by atoms with Gasteiger partial charge in [0, 0.05) is 31.4 Å². The third-order valence-electron chi connectivity index (χ3n) is 4.86. The minimum Gasteiger partial charge on any atom is -0.435 e. The number of anilines is 2. The number of sulfonamides is 1. The fraction of sp³-hybridized carbons (Fsp3) is 0.400. The first-order valence-electron chi connectivity index (χ1n) is 9.36. The molecule has 0 spiro atoms. The molecular formula is C20H25F2N3O3S. The molecule has 0 saturated carbocycles. The van der Waals surface area contributed by atoms with Gasteiger partial charge in [-0.3, -0.25) is 4.72 Å². The molecule has 0 amide bonds. The number of hydrogen-bond donors (Lipinski definition) is 1. The van der Waals surface area contributed by atoms with E-state index in [1.807, 2.05) is 6.92 Å². The van der Waals surface area contributed by atoms with Gasteiger partial charge < -0.3 is 14.5 Å². The van der Waals surface area contributed by atoms with Gasteiger partial charge in [-0.25, -0.2) is 8.42 Å². The van der Waals surface area contributed by atoms with Crippen LogP contribution in [0.1, 0.15) is 12.0 Å². The van der Waals surface area contributed by atoms with Crippen molar-refractivity contribution in [3.05, 3.63) is 48.0 Å². The van der Waals surface area contributed by atoms with Crippen LogP contribution in [0, 0.1) is 6.92 Å². The summed E-state index contributed by atoms with van der Waals surface area (Å²) in [7, 11) is -1.81. The van der Waals surface area contributed by atoms with Gasteiger partial charge in [-0.2, -0.15) is 8.78 Å². The first-order valence-corrected chi connectivity index (χ1v) is 10.8. The molecule has 1 heterocycles. The summed E-state index contributed by atoms with van der Waals surface area (Å²) in [6.45, 7) is 2.57. The minimum atomic E-state index is -3.89. The number of nitrogens with one attached hydrogen (secondary N) is 1. The van der Waals surface area contributed by atoms with Gasteiger partial charge in [0.15, 0.2) is 0 Å². The van der Waals surface area contributed by atoms with Crippen LogP contribution >= 0.6 is 0 Å². The summed E-state index contributed by atoms with van der Waals surface area (Å²) >= 11 is 0. The van der Waals surface area contributed by atoms with Gasteiger partial charge in [0.1, 0.15) is 5.75 Å². The van der Waals surface area contributed by atoms with Crippen molar-refractivity contribution in [1.82, 2.24) is 4.90 Å². The molecule has 1 aliphatic heterocycles. The van der Waals surface area contributed by atoms with Crippen LogP contribution in [-0.2, 0) is 10.0 Å². The fourth-order valence-electron chi connectivity index (χ4n) is 3.33. The molecule has 0 aromatic heterocycles. The summed E-state index contributed by atoms with van der Waals surface area (Å²) in [5, 5.41) is 0. The van der Waals surface area contributed by atoms with Crippen molar-refractivity contribution in [2.75, 3.05) is 42.8 Å². The van der Waals surface area contributed by atoms with Crippen LogP contribution in [0.15, 0.2) is 47.4 Å². The molecule has 2 aromatic rings. The maximum absolute atomic E-state index is 12.9. The second-order valence-corrected chi connectivity index (χ2v) is 8.79. The average Bonchev–Trinajstić information content (AvgIpc) is 2.86. The summed E-state index contributed by atoms with van der Waals surface area (Å²) in [4.78, 5) is 4.58. The standard InChI is InChI=1S/C20H25F2N3O3S/c1-15-7-8-18(14-19(15)25-10-4-9-24(2)11-12-25)29(26,27)23-16-5-3-6-17(13-16)28-20(21)22/h3,5-8,13-14,20,23H,4,9-12H2,1-2H3. The number of likely N-dealkylation sites (N-methyl/N-ethyl adjacent to an activating group) is 1. The number of hydrogen-bond acceptors (Lipinski definition) is 5. The van der Waals surface area contributed by atoms with E-state index < -0.39 is 16.6 Å². The van der Waals surface area contributed by atoms with E-state index in [0.29, 0.717) is 0 Å². The highest BCUT2D eigenvalue weighted by Crippen LogP contribution is 2.27. The highest BCUT2D eigenvalue weighted by Gasteiger charge is 2.20. The third kappa shape index (κ3) is 5.57. The van der Waals surface area contributed by atoms with Crippen molar-refractivity contribution in [3.8, 4) is 5.75 Å². The zero-order valence-electron chi connectivity index (χ0n) is 16.4. The SMILES string of the molecule is Cc1ccc(S(=O)(=O)Nc2cccc(OC(F)F)c2)cc1N1CCCN(C)CC1. The second-order valence-electron chi connectivity index (χ2n) is 7.10. The Hall–Kier alpha value is -2.39. The van der Waals surface area contributed by atoms with E-state index in [4.69, 9.17) is 0 Å². The number of halogens is 2. The lowest BCUT2D eigenvalue weighted by molar-refractivity contribution is -0.0497. The lowest BCUT2D eigenvalue weighted by Gasteiger charge is -2.25. The Balaban J connectivity index is 1.84. The van der Waals surface area contributed by atoms with Crippen molar-refractivity contribution in [3.63, 3.8) is 0 Å². The van der Waals surface area contributed by atoms with Gasteiger partial charge in [0.25, 0.3) is 10.0 Å². The zero-order valence-corrected chi connectivity index (χ0v) is 17.3. The molecule has 0 atom stereocenters. The minimum absolute atomic E-state index is 0.113. The third-order valence-corrected chi connectivity index (χ3v) is 6.24. The number of benzene rings is 2. The fourth-order valence-corrected chi connectivity index (χ4v) is 4.40. The highest BCUT2D eigenvalue weighted by atomic mass is 32.2. The summed E-state index contributed by atoms with van der Waals surface area (Å²) in [5.41, 5.74) is 2.04. The van der Waals surface area contributed by atoms with Crippen LogP contribution in [0.2, 0.25) is 0 Å². The van der Waals surface area contributed by atoms with Crippen LogP contribution in [-0.4, -0.2) is 53.2 Å². The summed E-state index contributed by atoms with van der Waals surface area (Å²) in [6, 6.07) is 10.5. The summed E-state index contributed by atoms with van der Waals surface area (Å²) in [6.07, 6.45) is 1.00. The van der Waals surface area contributed by atoms with E-state index in [0.717, 1.165) is 43.9 Å². The Morgan fingerprint density at radius 1 is 1.07 bits per heavy atom. The molecule has 1 fully saturated rings. The molecule has 1 saturated heterocycles. The van der Waals surface area contributed by atoms with Crippen LogP contribution < -0.4 is 14.4 Å². The summed E-state index contributed by atoms with van der Waals surface area (Å²) < 4.78 is 57.3. The molecule has 0 radical (unpaired) electrons. The molecule has 3 rings (SSSR count). The normalized spacial score (nSPS) is 16.0. The van der Waals surface area contributed by atoms with Gasteiger partial charge in [-0.1, -0.05) is 12.1 Å². The van der Waals surface area contributed by atoms with Crippen molar-refractivity contribution in [2.45, 2.75) is 24.9 Å². The molecule has 29 heavy (non-hydrogen) atoms. The molecule has 158 valence electrons. The Morgan fingerprint density at radius 3 is 2.62 bits per heavy atom. The van der Waals surface area contributed by atoms with E-state index in [2.05, 4.69) is 26.3 Å². The van der Waals surface area contributed by atoms with E-state index >= 15 is 0 Å². The van der Waals surface area contributed by atoms with Crippen molar-refractivity contribution >= 4 is 21.4 Å². The van der Waals surface area contributed by atoms with Crippen LogP contribution in [0.5, 0.6) is 5.75 Å². The Bertz CT molecular complexity index is 954. The van der Waals surface area contributed by atoms with Crippen molar-refractivity contribution in [1.29, 1.82) is 0 Å². The van der Waals surface area contributed by atoms with Crippen LogP contribution in [0.25, 0.3) is 0 Å². The Kier molecular flexibility index (Phi) is 6.59. The number of alkyl halides is 2. The van der Waals surface area contributed by atoms with Crippen LogP contribution in [0.4, 0.5) is 20.2 Å². The predicted molar refractivity (Wildman–Crippen MR) is 109 cm³/mol. The first kappa shape index (κ1) is 21.3. The van der Waals surface area contributed by atoms with Gasteiger partial charge in [0.2, 0.25) is 0 Å². The topological polar surface area (TPSA) is 61.9 Å². The second kappa shape index (κ2) is 8.96. The largest absolute Gasteiger partial charge is 0.435 e. The molecule has 9 heteroatoms. The molecule has 2 aromatic carbocycles. The van der Waals surface area contributed by atoms with E-state index in [1.54, 1.807) is 18.2 Å². The molecule has 0 unspecified atom stereocenters. The maximum atomic E-state index is 12.9. The van der Waals surface area contributed by atoms with Gasteiger partial charge in [-0.05, 0) is 56.8 Å². The number of ether oxygens (including phenoxy) is 1. The van der Waals surface area contributed by atoms with E-state index in [1.165, 1.54) is 24.3 Å². The average molecular weight is 426 g/mol. The smallest absolute Gasteiger partial charge is 0.387 e. The maximum Gasteiger partial charge on any atom is 0.387 e. The van der Waals surface area contributed by atoms with E-state index in [9.17, 15) is 17.2 Å². The molecule has 1 aliphatic rings. The zero-order chi connectivity index (χ0) is 21.0. The summed E-state index contributed by atoms with van der Waals surface area (Å²) in [5.74, 6) is -0.113. The van der Waals surface area contributed by atoms with Gasteiger partial charge in [0.05, 0.1) is 10.6 Å². The quantitative estimate of drug-likeness (QED) is 0.767. The molecule has 0 bridgehead atoms. The van der Waals surface area contributed by atoms with E-state index in [-0.39, 0.29) is 16.3 Å². The lowest BCUT2D eigenvalue weighted by Crippen LogP contribution is -2.29. The molecule has 1 N–H and O–H groups in total. The van der Waals surface area contributed by atoms with Gasteiger partial charge in [-0.15, -0.1) is 0 Å². The Labute approximate surface area is 170 Å². The Morgan fingerprint density at radius 2 is 1.86 bits per heavy atom. The van der Waals surface area contributed by atoms with Crippen LogP contribution in [0.3, 0.4) is 0 Å². The van der Waals surface area contributed by atoms with Crippen molar-refractivity contribution in [2.24, 2.45) is 0 Å². The number of nitrogens with zero attached hydrogens (tertiary/aromatic N) is 2. The predicted octanol–water partition coefficient (Wildman–Crippen LogP) is 3.54. The molecular weight excluding hydrogens is 400 g/mol. The highest BCUT2D eigenvalue weighted by molar-refractivity contribution is 7.92. The molecule has 6 nitrogen and oxygen atoms in total. The number of rotatable bonds is 6.